The van der Waals surface area contributed by atoms with E-state index in [0.717, 1.165) is 56.4 Å². The Morgan fingerprint density at radius 2 is 1.00 bits per heavy atom. The van der Waals surface area contributed by atoms with E-state index in [0.29, 0.717) is 10.7 Å². The highest BCUT2D eigenvalue weighted by atomic mass is 79.9. The van der Waals surface area contributed by atoms with Crippen molar-refractivity contribution in [3.63, 3.8) is 0 Å². The fourth-order valence-electron chi connectivity index (χ4n) is 3.98. The molecule has 0 aliphatic rings. The predicted octanol–water partition coefficient (Wildman–Crippen LogP) is 8.24. The summed E-state index contributed by atoms with van der Waals surface area (Å²) in [6, 6.07) is 30.6. The Bertz CT molecular complexity index is 1510. The lowest BCUT2D eigenvalue weighted by Gasteiger charge is -2.11. The summed E-state index contributed by atoms with van der Waals surface area (Å²) >= 11 is 6.98. The van der Waals surface area contributed by atoms with Gasteiger partial charge in [0.15, 0.2) is 0 Å². The minimum atomic E-state index is -0.392. The van der Waals surface area contributed by atoms with Crippen LogP contribution < -0.4 is 0 Å². The number of nitrogens with zero attached hydrogens (tertiary/aromatic N) is 4. The SMILES string of the molecule is O=[N+]([O-])c1ccc(-c2ccc(-c3cc(-c4cccc(CBr)n4)nc(-c4cccc(CBr)n4)c3)cc2)cc1. The third kappa shape index (κ3) is 5.65. The van der Waals surface area contributed by atoms with Gasteiger partial charge in [-0.3, -0.25) is 20.1 Å². The number of rotatable bonds is 7. The zero-order chi connectivity index (χ0) is 25.8. The molecule has 0 unspecified atom stereocenters. The standard InChI is InChI=1S/C29H20Br2N4O2/c30-17-23-3-1-5-26(32-23)28-15-22(16-29(34-28)27-6-2-4-24(18-31)33-27)21-9-7-19(8-10-21)20-11-13-25(14-12-20)35(36)37/h1-16H,17-18H2. The van der Waals surface area contributed by atoms with E-state index in [1.54, 1.807) is 12.1 Å². The number of pyridine rings is 3. The molecule has 37 heavy (non-hydrogen) atoms. The van der Waals surface area contributed by atoms with Crippen molar-refractivity contribution in [2.75, 3.05) is 0 Å². The number of alkyl halides is 2. The van der Waals surface area contributed by atoms with Crippen molar-refractivity contribution in [2.24, 2.45) is 0 Å². The van der Waals surface area contributed by atoms with Crippen molar-refractivity contribution in [1.29, 1.82) is 0 Å². The molecule has 5 rings (SSSR count). The highest BCUT2D eigenvalue weighted by Crippen LogP contribution is 2.31. The van der Waals surface area contributed by atoms with Crippen LogP contribution in [0.3, 0.4) is 0 Å². The topological polar surface area (TPSA) is 81.8 Å². The minimum Gasteiger partial charge on any atom is -0.258 e. The number of non-ortho nitro benzene ring substituents is 1. The van der Waals surface area contributed by atoms with Crippen LogP contribution in [0.1, 0.15) is 11.4 Å². The van der Waals surface area contributed by atoms with Crippen LogP contribution >= 0.6 is 31.9 Å². The molecule has 0 aliphatic heterocycles. The Morgan fingerprint density at radius 1 is 0.568 bits per heavy atom. The molecule has 182 valence electrons. The average Bonchev–Trinajstić information content (AvgIpc) is 2.97. The maximum absolute atomic E-state index is 11.0. The van der Waals surface area contributed by atoms with Gasteiger partial charge in [0.05, 0.1) is 39.1 Å². The average molecular weight is 616 g/mol. The van der Waals surface area contributed by atoms with E-state index in [9.17, 15) is 10.1 Å². The molecule has 8 heteroatoms. The molecule has 0 atom stereocenters. The van der Waals surface area contributed by atoms with Crippen LogP contribution in [0.4, 0.5) is 5.69 Å². The Kier molecular flexibility index (Phi) is 7.48. The van der Waals surface area contributed by atoms with E-state index in [2.05, 4.69) is 31.9 Å². The van der Waals surface area contributed by atoms with Crippen molar-refractivity contribution in [2.45, 2.75) is 10.7 Å². The summed E-state index contributed by atoms with van der Waals surface area (Å²) in [5.74, 6) is 0. The second-order valence-electron chi connectivity index (χ2n) is 8.30. The van der Waals surface area contributed by atoms with E-state index < -0.39 is 4.92 Å². The summed E-state index contributed by atoms with van der Waals surface area (Å²) in [5.41, 5.74) is 8.95. The first-order valence-electron chi connectivity index (χ1n) is 11.5. The summed E-state index contributed by atoms with van der Waals surface area (Å²) in [6.07, 6.45) is 0. The largest absolute Gasteiger partial charge is 0.269 e. The Hall–Kier alpha value is -3.75. The van der Waals surface area contributed by atoms with Gasteiger partial charge in [0.1, 0.15) is 0 Å². The first kappa shape index (κ1) is 24.9. The van der Waals surface area contributed by atoms with E-state index in [1.807, 2.05) is 72.8 Å². The number of halogens is 2. The van der Waals surface area contributed by atoms with Gasteiger partial charge in [-0.2, -0.15) is 0 Å². The molecule has 0 N–H and O–H groups in total. The van der Waals surface area contributed by atoms with Crippen molar-refractivity contribution in [3.8, 4) is 45.0 Å². The maximum atomic E-state index is 11.0. The molecule has 0 saturated heterocycles. The van der Waals surface area contributed by atoms with E-state index in [4.69, 9.17) is 15.0 Å². The normalized spacial score (nSPS) is 10.9. The second-order valence-corrected chi connectivity index (χ2v) is 9.42. The Morgan fingerprint density at radius 3 is 1.43 bits per heavy atom. The third-order valence-electron chi connectivity index (χ3n) is 5.87. The first-order chi connectivity index (χ1) is 18.0. The fraction of sp³-hybridized carbons (Fsp3) is 0.0690. The lowest BCUT2D eigenvalue weighted by Crippen LogP contribution is -1.96. The van der Waals surface area contributed by atoms with E-state index >= 15 is 0 Å². The predicted molar refractivity (Wildman–Crippen MR) is 153 cm³/mol. The molecule has 0 radical (unpaired) electrons. The van der Waals surface area contributed by atoms with Gasteiger partial charge >= 0.3 is 0 Å². The molecule has 0 amide bonds. The number of hydrogen-bond donors (Lipinski definition) is 0. The van der Waals surface area contributed by atoms with Crippen molar-refractivity contribution < 1.29 is 4.92 Å². The highest BCUT2D eigenvalue weighted by molar-refractivity contribution is 9.08. The van der Waals surface area contributed by atoms with Gasteiger partial charge in [0.2, 0.25) is 0 Å². The molecule has 6 nitrogen and oxygen atoms in total. The van der Waals surface area contributed by atoms with Gasteiger partial charge in [-0.05, 0) is 70.8 Å². The number of benzene rings is 2. The minimum absolute atomic E-state index is 0.0763. The fourth-order valence-corrected chi connectivity index (χ4v) is 4.61. The summed E-state index contributed by atoms with van der Waals surface area (Å²) in [7, 11) is 0. The zero-order valence-electron chi connectivity index (χ0n) is 19.5. The molecule has 0 spiro atoms. The lowest BCUT2D eigenvalue weighted by molar-refractivity contribution is -0.384. The molecule has 3 heterocycles. The Balaban J connectivity index is 1.57. The van der Waals surface area contributed by atoms with Crippen LogP contribution in [-0.2, 0) is 10.7 Å². The van der Waals surface area contributed by atoms with Crippen LogP contribution in [0, 0.1) is 10.1 Å². The quantitative estimate of drug-likeness (QED) is 0.105. The second kappa shape index (κ2) is 11.1. The zero-order valence-corrected chi connectivity index (χ0v) is 22.7. The molecule has 5 aromatic rings. The van der Waals surface area contributed by atoms with Crippen molar-refractivity contribution in [1.82, 2.24) is 15.0 Å². The van der Waals surface area contributed by atoms with Gasteiger partial charge in [-0.1, -0.05) is 68.3 Å². The molecule has 0 aliphatic carbocycles. The molecule has 0 saturated carbocycles. The van der Waals surface area contributed by atoms with Crippen LogP contribution in [0.5, 0.6) is 0 Å². The first-order valence-corrected chi connectivity index (χ1v) is 13.7. The highest BCUT2D eigenvalue weighted by Gasteiger charge is 2.12. The lowest BCUT2D eigenvalue weighted by atomic mass is 9.99. The van der Waals surface area contributed by atoms with E-state index in [1.165, 1.54) is 12.1 Å². The van der Waals surface area contributed by atoms with E-state index in [-0.39, 0.29) is 5.69 Å². The van der Waals surface area contributed by atoms with Crippen LogP contribution in [0.25, 0.3) is 45.0 Å². The third-order valence-corrected chi connectivity index (χ3v) is 7.02. The number of aromatic nitrogens is 3. The summed E-state index contributed by atoms with van der Waals surface area (Å²) in [4.78, 5) is 25.0. The van der Waals surface area contributed by atoms with Crippen LogP contribution in [-0.4, -0.2) is 19.9 Å². The summed E-state index contributed by atoms with van der Waals surface area (Å²) < 4.78 is 0. The smallest absolute Gasteiger partial charge is 0.258 e. The van der Waals surface area contributed by atoms with Crippen molar-refractivity contribution in [3.05, 3.63) is 119 Å². The summed E-state index contributed by atoms with van der Waals surface area (Å²) in [6.45, 7) is 0. The number of hydrogen-bond acceptors (Lipinski definition) is 5. The van der Waals surface area contributed by atoms with Gasteiger partial charge in [0.25, 0.3) is 5.69 Å². The van der Waals surface area contributed by atoms with Crippen molar-refractivity contribution >= 4 is 37.5 Å². The summed E-state index contributed by atoms with van der Waals surface area (Å²) in [5, 5.41) is 12.3. The number of nitro benzene ring substituents is 1. The molecule has 2 aromatic carbocycles. The van der Waals surface area contributed by atoms with Gasteiger partial charge < -0.3 is 0 Å². The van der Waals surface area contributed by atoms with Crippen LogP contribution in [0.2, 0.25) is 0 Å². The van der Waals surface area contributed by atoms with Gasteiger partial charge in [-0.25, -0.2) is 4.98 Å². The van der Waals surface area contributed by atoms with Crippen LogP contribution in [0.15, 0.2) is 97.1 Å². The maximum Gasteiger partial charge on any atom is 0.269 e. The monoisotopic (exact) mass is 614 g/mol. The Labute approximate surface area is 230 Å². The molecule has 3 aromatic heterocycles. The van der Waals surface area contributed by atoms with Gasteiger partial charge in [-0.15, -0.1) is 0 Å². The van der Waals surface area contributed by atoms with Gasteiger partial charge in [0, 0.05) is 22.8 Å². The molecule has 0 bridgehead atoms. The molecular weight excluding hydrogens is 596 g/mol. The molecular formula is C29H20Br2N4O2. The molecule has 0 fully saturated rings. The number of nitro groups is 1.